The molecule has 0 spiro atoms. The van der Waals surface area contributed by atoms with Crippen LogP contribution in [0.25, 0.3) is 0 Å². The number of imide groups is 1. The van der Waals surface area contributed by atoms with Gasteiger partial charge in [-0.1, -0.05) is 0 Å². The molecule has 2 amide bonds. The second kappa shape index (κ2) is 4.36. The molecule has 1 aromatic rings. The van der Waals surface area contributed by atoms with Gasteiger partial charge in [-0.25, -0.2) is 14.2 Å². The molecule has 1 aromatic heterocycles. The highest BCUT2D eigenvalue weighted by Gasteiger charge is 2.36. The number of carbonyl (C=O) groups excluding carboxylic acids is 2. The van der Waals surface area contributed by atoms with E-state index >= 15 is 0 Å². The summed E-state index contributed by atoms with van der Waals surface area (Å²) in [6.45, 7) is 2.02. The van der Waals surface area contributed by atoms with Crippen molar-refractivity contribution in [2.45, 2.75) is 13.0 Å². The van der Waals surface area contributed by atoms with Crippen LogP contribution >= 0.6 is 0 Å². The molecule has 2 rings (SSSR count). The van der Waals surface area contributed by atoms with Crippen molar-refractivity contribution in [3.63, 3.8) is 0 Å². The van der Waals surface area contributed by atoms with Crippen molar-refractivity contribution in [3.05, 3.63) is 23.6 Å². The molecule has 0 aromatic carbocycles. The van der Waals surface area contributed by atoms with Crippen LogP contribution in [0.5, 0.6) is 5.88 Å². The molecule has 7 heteroatoms. The van der Waals surface area contributed by atoms with Gasteiger partial charge >= 0.3 is 6.09 Å². The first-order valence-corrected chi connectivity index (χ1v) is 4.91. The van der Waals surface area contributed by atoms with Gasteiger partial charge in [0.15, 0.2) is 0 Å². The van der Waals surface area contributed by atoms with Gasteiger partial charge in [0.1, 0.15) is 5.82 Å². The van der Waals surface area contributed by atoms with Crippen LogP contribution in [-0.2, 0) is 9.53 Å². The largest absolute Gasteiger partial charge is 0.478 e. The Bertz CT molecular complexity index is 477. The highest BCUT2D eigenvalue weighted by Crippen LogP contribution is 2.29. The Morgan fingerprint density at radius 2 is 2.35 bits per heavy atom. The molecule has 1 atom stereocenters. The smallest absolute Gasteiger partial charge is 0.415 e. The molecule has 1 aliphatic rings. The molecule has 1 unspecified atom stereocenters. The molecule has 1 N–H and O–H groups in total. The van der Waals surface area contributed by atoms with Crippen molar-refractivity contribution in [1.82, 2.24) is 10.3 Å². The van der Waals surface area contributed by atoms with Gasteiger partial charge in [-0.3, -0.25) is 10.1 Å². The number of rotatable bonds is 3. The van der Waals surface area contributed by atoms with E-state index in [-0.39, 0.29) is 11.4 Å². The fourth-order valence-electron chi connectivity index (χ4n) is 1.45. The summed E-state index contributed by atoms with van der Waals surface area (Å²) >= 11 is 0. The summed E-state index contributed by atoms with van der Waals surface area (Å²) in [4.78, 5) is 26.0. The molecule has 0 aliphatic carbocycles. The second-order valence-corrected chi connectivity index (χ2v) is 3.26. The summed E-state index contributed by atoms with van der Waals surface area (Å²) in [6, 6.07) is 1.06. The molecule has 1 saturated heterocycles. The van der Waals surface area contributed by atoms with Gasteiger partial charge in [-0.15, -0.1) is 0 Å². The van der Waals surface area contributed by atoms with Crippen LogP contribution in [0.1, 0.15) is 18.6 Å². The van der Waals surface area contributed by atoms with E-state index in [9.17, 15) is 14.0 Å². The zero-order chi connectivity index (χ0) is 12.4. The maximum atomic E-state index is 13.1. The van der Waals surface area contributed by atoms with Crippen molar-refractivity contribution >= 4 is 12.0 Å². The maximum Gasteiger partial charge on any atom is 0.415 e. The minimum Gasteiger partial charge on any atom is -0.478 e. The Kier molecular flexibility index (Phi) is 2.90. The molecule has 1 aliphatic heterocycles. The Morgan fingerprint density at radius 3 is 2.94 bits per heavy atom. The third-order valence-electron chi connectivity index (χ3n) is 2.10. The fourth-order valence-corrected chi connectivity index (χ4v) is 1.45. The summed E-state index contributed by atoms with van der Waals surface area (Å²) in [6.07, 6.45) is -1.12. The lowest BCUT2D eigenvalue weighted by Crippen LogP contribution is -2.21. The number of nitrogens with zero attached hydrogens (tertiary/aromatic N) is 1. The first kappa shape index (κ1) is 11.3. The van der Waals surface area contributed by atoms with Crippen LogP contribution in [0.4, 0.5) is 9.18 Å². The lowest BCUT2D eigenvalue weighted by molar-refractivity contribution is -0.123. The number of hydrogen-bond acceptors (Lipinski definition) is 5. The Hall–Kier alpha value is -2.18. The fraction of sp³-hybridized carbons (Fsp3) is 0.300. The molecular weight excluding hydrogens is 231 g/mol. The number of cyclic esters (lactones) is 1. The summed E-state index contributed by atoms with van der Waals surface area (Å²) in [7, 11) is 0. The van der Waals surface area contributed by atoms with Crippen molar-refractivity contribution in [1.29, 1.82) is 0 Å². The van der Waals surface area contributed by atoms with Crippen LogP contribution in [0.3, 0.4) is 0 Å². The van der Waals surface area contributed by atoms with Crippen molar-refractivity contribution in [2.24, 2.45) is 0 Å². The Morgan fingerprint density at radius 1 is 1.59 bits per heavy atom. The SMILES string of the molecule is CCOc1ncc(F)cc1C1OC(=O)NC1=O. The molecule has 0 bridgehead atoms. The summed E-state index contributed by atoms with van der Waals surface area (Å²) in [5.41, 5.74) is 0.0928. The number of halogens is 1. The van der Waals surface area contributed by atoms with E-state index in [4.69, 9.17) is 9.47 Å². The van der Waals surface area contributed by atoms with E-state index < -0.39 is 23.9 Å². The molecule has 0 radical (unpaired) electrons. The molecular formula is C10H9FN2O4. The van der Waals surface area contributed by atoms with Crippen molar-refractivity contribution < 1.29 is 23.5 Å². The molecule has 1 fully saturated rings. The van der Waals surface area contributed by atoms with Crippen molar-refractivity contribution in [2.75, 3.05) is 6.61 Å². The van der Waals surface area contributed by atoms with E-state index in [1.165, 1.54) is 0 Å². The highest BCUT2D eigenvalue weighted by molar-refractivity contribution is 6.00. The first-order chi connectivity index (χ1) is 8.11. The third-order valence-corrected chi connectivity index (χ3v) is 2.10. The van der Waals surface area contributed by atoms with Crippen LogP contribution in [0, 0.1) is 5.82 Å². The highest BCUT2D eigenvalue weighted by atomic mass is 19.1. The lowest BCUT2D eigenvalue weighted by Gasteiger charge is -2.11. The molecule has 6 nitrogen and oxygen atoms in total. The van der Waals surface area contributed by atoms with Crippen LogP contribution in [-0.4, -0.2) is 23.6 Å². The number of ether oxygens (including phenoxy) is 2. The molecule has 90 valence electrons. The van der Waals surface area contributed by atoms with Gasteiger partial charge in [-0.05, 0) is 13.0 Å². The van der Waals surface area contributed by atoms with Gasteiger partial charge in [0.25, 0.3) is 5.91 Å². The normalized spacial score (nSPS) is 18.8. The predicted molar refractivity (Wildman–Crippen MR) is 52.7 cm³/mol. The quantitative estimate of drug-likeness (QED) is 0.850. The van der Waals surface area contributed by atoms with Crippen LogP contribution < -0.4 is 10.1 Å². The van der Waals surface area contributed by atoms with Gasteiger partial charge in [-0.2, -0.15) is 0 Å². The van der Waals surface area contributed by atoms with Gasteiger partial charge in [0.2, 0.25) is 12.0 Å². The topological polar surface area (TPSA) is 77.5 Å². The number of pyridine rings is 1. The van der Waals surface area contributed by atoms with E-state index in [0.717, 1.165) is 12.3 Å². The standard InChI is InChI=1S/C10H9FN2O4/c1-2-16-9-6(3-5(11)4-12-9)7-8(14)13-10(15)17-7/h3-4,7H,2H2,1H3,(H,13,14,15). The molecule has 0 saturated carbocycles. The monoisotopic (exact) mass is 240 g/mol. The lowest BCUT2D eigenvalue weighted by atomic mass is 10.1. The van der Waals surface area contributed by atoms with Gasteiger partial charge in [0.05, 0.1) is 18.4 Å². The minimum atomic E-state index is -1.22. The van der Waals surface area contributed by atoms with E-state index in [2.05, 4.69) is 4.98 Å². The van der Waals surface area contributed by atoms with E-state index in [0.29, 0.717) is 6.61 Å². The zero-order valence-corrected chi connectivity index (χ0v) is 8.90. The van der Waals surface area contributed by atoms with Crippen LogP contribution in [0.15, 0.2) is 12.3 Å². The Labute approximate surface area is 95.7 Å². The van der Waals surface area contributed by atoms with Crippen LogP contribution in [0.2, 0.25) is 0 Å². The summed E-state index contributed by atoms with van der Waals surface area (Å²) < 4.78 is 22.9. The van der Waals surface area contributed by atoms with Crippen molar-refractivity contribution in [3.8, 4) is 5.88 Å². The number of nitrogens with one attached hydrogen (secondary N) is 1. The summed E-state index contributed by atoms with van der Waals surface area (Å²) in [5, 5.41) is 1.95. The van der Waals surface area contributed by atoms with Gasteiger partial charge in [0, 0.05) is 0 Å². The number of aromatic nitrogens is 1. The van der Waals surface area contributed by atoms with E-state index in [1.54, 1.807) is 6.92 Å². The molecule has 2 heterocycles. The Balaban J connectivity index is 2.39. The summed E-state index contributed by atoms with van der Waals surface area (Å²) in [5.74, 6) is -1.23. The first-order valence-electron chi connectivity index (χ1n) is 4.91. The number of alkyl carbamates (subject to hydrolysis) is 1. The van der Waals surface area contributed by atoms with Gasteiger partial charge < -0.3 is 9.47 Å². The predicted octanol–water partition coefficient (Wildman–Crippen LogP) is 0.927. The average Bonchev–Trinajstić information content (AvgIpc) is 2.61. The average molecular weight is 240 g/mol. The number of amides is 2. The minimum absolute atomic E-state index is 0.0729. The third kappa shape index (κ3) is 2.17. The zero-order valence-electron chi connectivity index (χ0n) is 8.90. The van der Waals surface area contributed by atoms with E-state index in [1.807, 2.05) is 5.32 Å². The number of hydrogen-bond donors (Lipinski definition) is 1. The maximum absolute atomic E-state index is 13.1. The number of carbonyl (C=O) groups is 2. The second-order valence-electron chi connectivity index (χ2n) is 3.26. The molecule has 17 heavy (non-hydrogen) atoms.